The van der Waals surface area contributed by atoms with Gasteiger partial charge in [0.25, 0.3) is 0 Å². The summed E-state index contributed by atoms with van der Waals surface area (Å²) in [6, 6.07) is 5.31. The van der Waals surface area contributed by atoms with Crippen LogP contribution in [-0.4, -0.2) is 21.4 Å². The Hall–Kier alpha value is -2.35. The highest BCUT2D eigenvalue weighted by molar-refractivity contribution is 5.41. The van der Waals surface area contributed by atoms with Crippen molar-refractivity contribution >= 4 is 0 Å². The van der Waals surface area contributed by atoms with Crippen LogP contribution in [0.2, 0.25) is 0 Å². The molecular formula is C12H9F3N2O3. The molecule has 0 saturated heterocycles. The van der Waals surface area contributed by atoms with E-state index in [0.717, 1.165) is 6.07 Å². The second kappa shape index (κ2) is 5.74. The average molecular weight is 286 g/mol. The molecule has 0 amide bonds. The Balaban J connectivity index is 2.19. The maximum atomic E-state index is 12.2. The van der Waals surface area contributed by atoms with Crippen molar-refractivity contribution in [1.82, 2.24) is 9.97 Å². The molecule has 5 nitrogen and oxygen atoms in total. The van der Waals surface area contributed by atoms with Crippen LogP contribution in [0.4, 0.5) is 13.2 Å². The molecular weight excluding hydrogens is 277 g/mol. The first kappa shape index (κ1) is 14.1. The van der Waals surface area contributed by atoms with E-state index in [1.807, 2.05) is 0 Å². The minimum absolute atomic E-state index is 0.0135. The number of aliphatic hydroxyl groups is 1. The summed E-state index contributed by atoms with van der Waals surface area (Å²) in [5, 5.41) is 8.80. The summed E-state index contributed by atoms with van der Waals surface area (Å²) in [6.07, 6.45) is -2.37. The summed E-state index contributed by atoms with van der Waals surface area (Å²) in [5.41, 5.74) is 0.317. The molecule has 0 atom stereocenters. The predicted molar refractivity (Wildman–Crippen MR) is 61.2 cm³/mol. The molecule has 2 aromatic rings. The standard InChI is InChI=1S/C12H9F3N2O3/c13-12(14,15)20-10-4-2-1-3-9(10)19-11-6-16-8(7-18)5-17-11/h1-6,18H,7H2. The third-order valence-corrected chi connectivity index (χ3v) is 2.13. The zero-order valence-electron chi connectivity index (χ0n) is 9.96. The van der Waals surface area contributed by atoms with Gasteiger partial charge in [-0.2, -0.15) is 0 Å². The smallest absolute Gasteiger partial charge is 0.434 e. The molecule has 106 valence electrons. The summed E-state index contributed by atoms with van der Waals surface area (Å²) >= 11 is 0. The molecule has 0 unspecified atom stereocenters. The lowest BCUT2D eigenvalue weighted by Gasteiger charge is -2.13. The van der Waals surface area contributed by atoms with Gasteiger partial charge >= 0.3 is 6.36 Å². The minimum Gasteiger partial charge on any atom is -0.434 e. The molecule has 0 fully saturated rings. The lowest BCUT2D eigenvalue weighted by Crippen LogP contribution is -2.17. The van der Waals surface area contributed by atoms with E-state index in [9.17, 15) is 13.2 Å². The number of para-hydroxylation sites is 2. The van der Waals surface area contributed by atoms with E-state index >= 15 is 0 Å². The van der Waals surface area contributed by atoms with E-state index in [-0.39, 0.29) is 18.2 Å². The quantitative estimate of drug-likeness (QED) is 0.936. The maximum absolute atomic E-state index is 12.2. The van der Waals surface area contributed by atoms with Crippen molar-refractivity contribution in [3.8, 4) is 17.4 Å². The molecule has 1 heterocycles. The van der Waals surface area contributed by atoms with E-state index in [2.05, 4.69) is 14.7 Å². The second-order valence-electron chi connectivity index (χ2n) is 3.60. The Morgan fingerprint density at radius 3 is 2.30 bits per heavy atom. The normalized spacial score (nSPS) is 11.2. The van der Waals surface area contributed by atoms with Crippen LogP contribution in [-0.2, 0) is 6.61 Å². The molecule has 1 N–H and O–H groups in total. The Morgan fingerprint density at radius 1 is 1.05 bits per heavy atom. The molecule has 0 bridgehead atoms. The SMILES string of the molecule is OCc1cnc(Oc2ccccc2OC(F)(F)F)cn1. The fourth-order valence-electron chi connectivity index (χ4n) is 1.33. The van der Waals surface area contributed by atoms with Gasteiger partial charge in [0, 0.05) is 0 Å². The third-order valence-electron chi connectivity index (χ3n) is 2.13. The largest absolute Gasteiger partial charge is 0.573 e. The topological polar surface area (TPSA) is 64.5 Å². The number of hydrogen-bond acceptors (Lipinski definition) is 5. The van der Waals surface area contributed by atoms with Crippen LogP contribution in [0, 0.1) is 0 Å². The van der Waals surface area contributed by atoms with Gasteiger partial charge in [0.1, 0.15) is 0 Å². The van der Waals surface area contributed by atoms with Crippen molar-refractivity contribution in [2.24, 2.45) is 0 Å². The van der Waals surface area contributed by atoms with Crippen molar-refractivity contribution in [1.29, 1.82) is 0 Å². The predicted octanol–water partition coefficient (Wildman–Crippen LogP) is 2.66. The highest BCUT2D eigenvalue weighted by atomic mass is 19.4. The van der Waals surface area contributed by atoms with Gasteiger partial charge in [-0.15, -0.1) is 13.2 Å². The van der Waals surface area contributed by atoms with E-state index in [0.29, 0.717) is 5.69 Å². The molecule has 0 spiro atoms. The zero-order valence-corrected chi connectivity index (χ0v) is 9.96. The van der Waals surface area contributed by atoms with E-state index in [1.165, 1.54) is 30.6 Å². The second-order valence-corrected chi connectivity index (χ2v) is 3.60. The fraction of sp³-hybridized carbons (Fsp3) is 0.167. The Labute approximate surface area is 111 Å². The van der Waals surface area contributed by atoms with Crippen LogP contribution in [0.25, 0.3) is 0 Å². The highest BCUT2D eigenvalue weighted by Crippen LogP contribution is 2.34. The molecule has 20 heavy (non-hydrogen) atoms. The number of aliphatic hydroxyl groups excluding tert-OH is 1. The van der Waals surface area contributed by atoms with Crippen LogP contribution < -0.4 is 9.47 Å². The van der Waals surface area contributed by atoms with Gasteiger partial charge in [0.15, 0.2) is 11.5 Å². The lowest BCUT2D eigenvalue weighted by atomic mass is 10.3. The lowest BCUT2D eigenvalue weighted by molar-refractivity contribution is -0.275. The first-order valence-corrected chi connectivity index (χ1v) is 5.42. The Morgan fingerprint density at radius 2 is 1.75 bits per heavy atom. The van der Waals surface area contributed by atoms with E-state index in [4.69, 9.17) is 9.84 Å². The van der Waals surface area contributed by atoms with E-state index < -0.39 is 12.1 Å². The summed E-state index contributed by atoms with van der Waals surface area (Å²) in [4.78, 5) is 7.60. The van der Waals surface area contributed by atoms with Crippen LogP contribution >= 0.6 is 0 Å². The van der Waals surface area contributed by atoms with Crippen LogP contribution in [0.3, 0.4) is 0 Å². The van der Waals surface area contributed by atoms with Gasteiger partial charge in [0.2, 0.25) is 5.88 Å². The summed E-state index contributed by atoms with van der Waals surface area (Å²) in [7, 11) is 0. The molecule has 8 heteroatoms. The van der Waals surface area contributed by atoms with Crippen molar-refractivity contribution < 1.29 is 27.8 Å². The van der Waals surface area contributed by atoms with Crippen molar-refractivity contribution in [3.63, 3.8) is 0 Å². The number of rotatable bonds is 4. The monoisotopic (exact) mass is 286 g/mol. The van der Waals surface area contributed by atoms with Gasteiger partial charge in [-0.3, -0.25) is 4.98 Å². The highest BCUT2D eigenvalue weighted by Gasteiger charge is 2.32. The summed E-state index contributed by atoms with van der Waals surface area (Å²) < 4.78 is 45.7. The third kappa shape index (κ3) is 3.82. The molecule has 0 aliphatic heterocycles. The van der Waals surface area contributed by atoms with Crippen LogP contribution in [0.15, 0.2) is 36.7 Å². The molecule has 0 aliphatic rings. The summed E-state index contributed by atoms with van der Waals surface area (Å²) in [6.45, 7) is -0.291. The van der Waals surface area contributed by atoms with Gasteiger partial charge in [0.05, 0.1) is 24.7 Å². The van der Waals surface area contributed by atoms with Crippen molar-refractivity contribution in [2.45, 2.75) is 13.0 Å². The average Bonchev–Trinajstić information content (AvgIpc) is 2.40. The molecule has 1 aromatic heterocycles. The number of halogens is 3. The molecule has 0 radical (unpaired) electrons. The van der Waals surface area contributed by atoms with Gasteiger partial charge in [-0.1, -0.05) is 12.1 Å². The molecule has 0 saturated carbocycles. The van der Waals surface area contributed by atoms with Crippen molar-refractivity contribution in [3.05, 3.63) is 42.4 Å². The summed E-state index contributed by atoms with van der Waals surface area (Å²) in [5.74, 6) is -0.635. The number of alkyl halides is 3. The van der Waals surface area contributed by atoms with Gasteiger partial charge in [-0.05, 0) is 12.1 Å². The molecule has 2 rings (SSSR count). The Bertz CT molecular complexity index is 573. The minimum atomic E-state index is -4.81. The fourth-order valence-corrected chi connectivity index (χ4v) is 1.33. The van der Waals surface area contributed by atoms with Gasteiger partial charge in [-0.25, -0.2) is 4.98 Å². The Kier molecular flexibility index (Phi) is 4.04. The van der Waals surface area contributed by atoms with Crippen LogP contribution in [0.5, 0.6) is 17.4 Å². The number of ether oxygens (including phenoxy) is 2. The van der Waals surface area contributed by atoms with E-state index in [1.54, 1.807) is 0 Å². The zero-order chi connectivity index (χ0) is 14.6. The number of aromatic nitrogens is 2. The maximum Gasteiger partial charge on any atom is 0.573 e. The number of benzene rings is 1. The van der Waals surface area contributed by atoms with Gasteiger partial charge < -0.3 is 14.6 Å². The van der Waals surface area contributed by atoms with Crippen molar-refractivity contribution in [2.75, 3.05) is 0 Å². The molecule has 0 aliphatic carbocycles. The molecule has 1 aromatic carbocycles. The first-order valence-electron chi connectivity index (χ1n) is 5.42. The van der Waals surface area contributed by atoms with Crippen LogP contribution in [0.1, 0.15) is 5.69 Å². The number of hydrogen-bond donors (Lipinski definition) is 1. The first-order chi connectivity index (χ1) is 9.48. The number of nitrogens with zero attached hydrogens (tertiary/aromatic N) is 2.